The fourth-order valence-corrected chi connectivity index (χ4v) is 1.73. The number of rotatable bonds is 2. The van der Waals surface area contributed by atoms with Crippen LogP contribution in [0.25, 0.3) is 0 Å². The van der Waals surface area contributed by atoms with E-state index in [0.717, 1.165) is 25.8 Å². The first kappa shape index (κ1) is 8.97. The highest BCUT2D eigenvalue weighted by molar-refractivity contribution is 4.75. The van der Waals surface area contributed by atoms with E-state index in [1.807, 2.05) is 5.01 Å². The monoisotopic (exact) mass is 158 g/mol. The summed E-state index contributed by atoms with van der Waals surface area (Å²) in [5.74, 6) is 6.40. The third kappa shape index (κ3) is 2.43. The molecule has 0 saturated carbocycles. The Labute approximate surface area is 68.2 Å². The van der Waals surface area contributed by atoms with Gasteiger partial charge in [0.05, 0.1) is 0 Å². The quantitative estimate of drug-likeness (QED) is 0.570. The molecule has 11 heavy (non-hydrogen) atoms. The van der Waals surface area contributed by atoms with Crippen LogP contribution in [-0.2, 0) is 0 Å². The zero-order valence-corrected chi connectivity index (χ0v) is 7.16. The third-order valence-electron chi connectivity index (χ3n) is 2.57. The average Bonchev–Trinajstić information content (AvgIpc) is 1.98. The SMILES string of the molecule is CC1CC(CCO)CCN1N. The van der Waals surface area contributed by atoms with E-state index in [-0.39, 0.29) is 0 Å². The first-order valence-electron chi connectivity index (χ1n) is 4.36. The first-order valence-corrected chi connectivity index (χ1v) is 4.36. The minimum Gasteiger partial charge on any atom is -0.396 e. The molecule has 1 aliphatic rings. The van der Waals surface area contributed by atoms with Crippen LogP contribution in [0.3, 0.4) is 0 Å². The Balaban J connectivity index is 2.28. The Hall–Kier alpha value is -0.120. The Morgan fingerprint density at radius 1 is 1.64 bits per heavy atom. The van der Waals surface area contributed by atoms with Gasteiger partial charge in [0, 0.05) is 19.2 Å². The fraction of sp³-hybridized carbons (Fsp3) is 1.00. The predicted octanol–water partition coefficient (Wildman–Crippen LogP) is 0.343. The molecule has 1 saturated heterocycles. The van der Waals surface area contributed by atoms with Crippen LogP contribution < -0.4 is 5.84 Å². The Morgan fingerprint density at radius 3 is 2.91 bits per heavy atom. The summed E-state index contributed by atoms with van der Waals surface area (Å²) in [6, 6.07) is 0.486. The van der Waals surface area contributed by atoms with Crippen molar-refractivity contribution in [2.45, 2.75) is 32.2 Å². The van der Waals surface area contributed by atoms with Crippen LogP contribution in [0.15, 0.2) is 0 Å². The molecule has 1 heterocycles. The summed E-state index contributed by atoms with van der Waals surface area (Å²) in [6.45, 7) is 3.44. The van der Waals surface area contributed by atoms with Crippen LogP contribution in [0.5, 0.6) is 0 Å². The number of nitrogens with zero attached hydrogens (tertiary/aromatic N) is 1. The molecule has 3 nitrogen and oxygen atoms in total. The molecule has 0 aromatic heterocycles. The van der Waals surface area contributed by atoms with Gasteiger partial charge in [0.2, 0.25) is 0 Å². The number of hydrazine groups is 1. The lowest BCUT2D eigenvalue weighted by Gasteiger charge is -2.34. The van der Waals surface area contributed by atoms with Gasteiger partial charge in [-0.05, 0) is 32.1 Å². The topological polar surface area (TPSA) is 49.5 Å². The molecule has 1 aliphatic heterocycles. The summed E-state index contributed by atoms with van der Waals surface area (Å²) in [4.78, 5) is 0. The molecule has 1 fully saturated rings. The lowest BCUT2D eigenvalue weighted by atomic mass is 9.90. The van der Waals surface area contributed by atoms with Crippen LogP contribution >= 0.6 is 0 Å². The Morgan fingerprint density at radius 2 is 2.36 bits per heavy atom. The molecule has 0 aromatic carbocycles. The molecule has 2 unspecified atom stereocenters. The van der Waals surface area contributed by atoms with Crippen LogP contribution in [0.1, 0.15) is 26.2 Å². The summed E-state index contributed by atoms with van der Waals surface area (Å²) >= 11 is 0. The lowest BCUT2D eigenvalue weighted by molar-refractivity contribution is 0.109. The zero-order chi connectivity index (χ0) is 8.27. The number of aliphatic hydroxyl groups is 1. The van der Waals surface area contributed by atoms with Gasteiger partial charge in [0.15, 0.2) is 0 Å². The molecule has 3 N–H and O–H groups in total. The van der Waals surface area contributed by atoms with Crippen molar-refractivity contribution in [1.29, 1.82) is 0 Å². The van der Waals surface area contributed by atoms with Crippen molar-refractivity contribution >= 4 is 0 Å². The first-order chi connectivity index (χ1) is 5.24. The number of piperidine rings is 1. The van der Waals surface area contributed by atoms with Gasteiger partial charge in [-0.2, -0.15) is 0 Å². The van der Waals surface area contributed by atoms with E-state index in [2.05, 4.69) is 6.92 Å². The average molecular weight is 158 g/mol. The zero-order valence-electron chi connectivity index (χ0n) is 7.16. The van der Waals surface area contributed by atoms with Crippen molar-refractivity contribution in [3.05, 3.63) is 0 Å². The molecule has 66 valence electrons. The van der Waals surface area contributed by atoms with Gasteiger partial charge in [-0.25, -0.2) is 5.01 Å². The Bertz CT molecular complexity index is 119. The largest absolute Gasteiger partial charge is 0.396 e. The molecule has 2 atom stereocenters. The standard InChI is InChI=1S/C8H18N2O/c1-7-6-8(3-5-11)2-4-10(7)9/h7-8,11H,2-6,9H2,1H3. The summed E-state index contributed by atoms with van der Waals surface area (Å²) in [5, 5.41) is 10.6. The Kier molecular flexibility index (Phi) is 3.30. The highest BCUT2D eigenvalue weighted by atomic mass is 16.3. The van der Waals surface area contributed by atoms with Crippen molar-refractivity contribution in [2.75, 3.05) is 13.2 Å². The minimum absolute atomic E-state index is 0.321. The molecular weight excluding hydrogens is 140 g/mol. The second-order valence-corrected chi connectivity index (χ2v) is 3.49. The van der Waals surface area contributed by atoms with Gasteiger partial charge in [-0.1, -0.05) is 0 Å². The second kappa shape index (κ2) is 4.04. The van der Waals surface area contributed by atoms with E-state index < -0.39 is 0 Å². The summed E-state index contributed by atoms with van der Waals surface area (Å²) in [6.07, 6.45) is 3.22. The van der Waals surface area contributed by atoms with Crippen LogP contribution in [0.4, 0.5) is 0 Å². The molecule has 1 rings (SSSR count). The lowest BCUT2D eigenvalue weighted by Crippen LogP contribution is -2.45. The van der Waals surface area contributed by atoms with Crippen LogP contribution in [0, 0.1) is 5.92 Å². The summed E-state index contributed by atoms with van der Waals surface area (Å²) < 4.78 is 0. The van der Waals surface area contributed by atoms with Crippen molar-refractivity contribution < 1.29 is 5.11 Å². The number of nitrogens with two attached hydrogens (primary N) is 1. The predicted molar refractivity (Wildman–Crippen MR) is 44.8 cm³/mol. The minimum atomic E-state index is 0.321. The maximum Gasteiger partial charge on any atom is 0.0433 e. The van der Waals surface area contributed by atoms with Crippen molar-refractivity contribution in [2.24, 2.45) is 11.8 Å². The normalized spacial score (nSPS) is 34.1. The summed E-state index contributed by atoms with van der Waals surface area (Å²) in [7, 11) is 0. The van der Waals surface area contributed by atoms with Gasteiger partial charge in [-0.15, -0.1) is 0 Å². The maximum absolute atomic E-state index is 8.73. The number of hydrogen-bond acceptors (Lipinski definition) is 3. The molecule has 0 aromatic rings. The second-order valence-electron chi connectivity index (χ2n) is 3.49. The summed E-state index contributed by atoms with van der Waals surface area (Å²) in [5.41, 5.74) is 0. The molecule has 0 spiro atoms. The van der Waals surface area contributed by atoms with Gasteiger partial charge < -0.3 is 5.11 Å². The van der Waals surface area contributed by atoms with E-state index in [9.17, 15) is 0 Å². The number of aliphatic hydroxyl groups excluding tert-OH is 1. The molecular formula is C8H18N2O. The van der Waals surface area contributed by atoms with Gasteiger partial charge >= 0.3 is 0 Å². The molecule has 0 aliphatic carbocycles. The maximum atomic E-state index is 8.73. The third-order valence-corrected chi connectivity index (χ3v) is 2.57. The van der Waals surface area contributed by atoms with Crippen LogP contribution in [-0.4, -0.2) is 29.3 Å². The van der Waals surface area contributed by atoms with Crippen molar-refractivity contribution in [3.63, 3.8) is 0 Å². The highest BCUT2D eigenvalue weighted by Crippen LogP contribution is 2.22. The van der Waals surface area contributed by atoms with E-state index in [4.69, 9.17) is 10.9 Å². The smallest absolute Gasteiger partial charge is 0.0433 e. The molecule has 3 heteroatoms. The molecule has 0 amide bonds. The van der Waals surface area contributed by atoms with Crippen LogP contribution in [0.2, 0.25) is 0 Å². The van der Waals surface area contributed by atoms with Gasteiger partial charge in [-0.3, -0.25) is 5.84 Å². The van der Waals surface area contributed by atoms with Crippen molar-refractivity contribution in [1.82, 2.24) is 5.01 Å². The highest BCUT2D eigenvalue weighted by Gasteiger charge is 2.22. The fourth-order valence-electron chi connectivity index (χ4n) is 1.73. The van der Waals surface area contributed by atoms with E-state index in [1.165, 1.54) is 0 Å². The van der Waals surface area contributed by atoms with Crippen molar-refractivity contribution in [3.8, 4) is 0 Å². The van der Waals surface area contributed by atoms with E-state index in [1.54, 1.807) is 0 Å². The van der Waals surface area contributed by atoms with E-state index >= 15 is 0 Å². The molecule has 0 radical (unpaired) electrons. The number of hydrogen-bond donors (Lipinski definition) is 2. The van der Waals surface area contributed by atoms with E-state index in [0.29, 0.717) is 18.6 Å². The molecule has 0 bridgehead atoms. The van der Waals surface area contributed by atoms with Gasteiger partial charge in [0.1, 0.15) is 0 Å². The van der Waals surface area contributed by atoms with Gasteiger partial charge in [0.25, 0.3) is 0 Å².